The Morgan fingerprint density at radius 3 is 3.00 bits per heavy atom. The zero-order chi connectivity index (χ0) is 14.5. The number of carbonyl (C=O) groups is 1. The highest BCUT2D eigenvalue weighted by Crippen LogP contribution is 2.23. The summed E-state index contributed by atoms with van der Waals surface area (Å²) in [7, 11) is 0. The molecule has 0 spiro atoms. The third-order valence-electron chi connectivity index (χ3n) is 3.62. The van der Waals surface area contributed by atoms with Crippen molar-refractivity contribution in [1.29, 1.82) is 0 Å². The van der Waals surface area contributed by atoms with Crippen LogP contribution in [0.25, 0.3) is 0 Å². The maximum Gasteiger partial charge on any atom is 0.255 e. The average molecular weight is 299 g/mol. The van der Waals surface area contributed by atoms with Gasteiger partial charge in [0, 0.05) is 19.1 Å². The highest BCUT2D eigenvalue weighted by Gasteiger charge is 2.27. The molecule has 0 radical (unpaired) electrons. The molecule has 1 N–H and O–H groups in total. The summed E-state index contributed by atoms with van der Waals surface area (Å²) in [5.41, 5.74) is 0.255. The van der Waals surface area contributed by atoms with Gasteiger partial charge in [0.15, 0.2) is 0 Å². The van der Waals surface area contributed by atoms with Crippen LogP contribution in [0, 0.1) is 5.82 Å². The van der Waals surface area contributed by atoms with Gasteiger partial charge in [-0.25, -0.2) is 4.39 Å². The minimum atomic E-state index is -0.546. The average Bonchev–Trinajstić information content (AvgIpc) is 2.48. The maximum absolute atomic E-state index is 13.5. The zero-order valence-electron chi connectivity index (χ0n) is 11.7. The molecule has 110 valence electrons. The van der Waals surface area contributed by atoms with Gasteiger partial charge in [-0.3, -0.25) is 4.79 Å². The molecule has 5 heteroatoms. The number of hydrogen-bond donors (Lipinski definition) is 1. The van der Waals surface area contributed by atoms with Crippen molar-refractivity contribution in [3.8, 4) is 0 Å². The second kappa shape index (κ2) is 7.04. The number of halogens is 2. The number of amides is 1. The lowest BCUT2D eigenvalue weighted by atomic mass is 10.0. The van der Waals surface area contributed by atoms with Crippen LogP contribution in [0.1, 0.15) is 36.5 Å². The molecular weight excluding hydrogens is 279 g/mol. The Morgan fingerprint density at radius 1 is 1.55 bits per heavy atom. The molecule has 1 fully saturated rings. The molecule has 1 atom stereocenters. The first-order chi connectivity index (χ1) is 9.65. The number of nitrogens with one attached hydrogen (secondary N) is 1. The predicted octanol–water partition coefficient (Wildman–Crippen LogP) is 3.08. The molecule has 2 rings (SSSR count). The lowest BCUT2D eigenvalue weighted by Crippen LogP contribution is -2.49. The Labute approximate surface area is 124 Å². The topological polar surface area (TPSA) is 32.3 Å². The van der Waals surface area contributed by atoms with Crippen molar-refractivity contribution in [2.45, 2.75) is 32.2 Å². The van der Waals surface area contributed by atoms with Gasteiger partial charge >= 0.3 is 0 Å². The molecule has 1 aliphatic heterocycles. The first-order valence-electron chi connectivity index (χ1n) is 7.10. The van der Waals surface area contributed by atoms with E-state index in [4.69, 9.17) is 11.6 Å². The summed E-state index contributed by atoms with van der Waals surface area (Å²) in [6.45, 7) is 4.48. The van der Waals surface area contributed by atoms with Gasteiger partial charge in [-0.15, -0.1) is 0 Å². The molecule has 0 saturated carbocycles. The van der Waals surface area contributed by atoms with Gasteiger partial charge in [-0.1, -0.05) is 24.6 Å². The summed E-state index contributed by atoms with van der Waals surface area (Å²) in [5.74, 6) is -0.721. The second-order valence-electron chi connectivity index (χ2n) is 5.10. The van der Waals surface area contributed by atoms with E-state index in [9.17, 15) is 9.18 Å². The molecule has 1 aromatic carbocycles. The Bertz CT molecular complexity index is 475. The standard InChI is InChI=1S/C15H20ClFN2O/c1-2-9-19(11-5-4-8-18-10-11)15(20)12-6-3-7-13(17)14(12)16/h3,6-7,11,18H,2,4-5,8-10H2,1H3. The molecule has 1 saturated heterocycles. The van der Waals surface area contributed by atoms with E-state index >= 15 is 0 Å². The second-order valence-corrected chi connectivity index (χ2v) is 5.48. The highest BCUT2D eigenvalue weighted by molar-refractivity contribution is 6.34. The van der Waals surface area contributed by atoms with Crippen molar-refractivity contribution in [3.05, 3.63) is 34.6 Å². The third kappa shape index (κ3) is 3.30. The van der Waals surface area contributed by atoms with Crippen LogP contribution >= 0.6 is 11.6 Å². The molecule has 1 amide bonds. The Balaban J connectivity index is 2.23. The fourth-order valence-corrected chi connectivity index (χ4v) is 2.82. The quantitative estimate of drug-likeness (QED) is 0.926. The predicted molar refractivity (Wildman–Crippen MR) is 78.6 cm³/mol. The molecule has 3 nitrogen and oxygen atoms in total. The van der Waals surface area contributed by atoms with Gasteiger partial charge in [0.05, 0.1) is 10.6 Å². The molecule has 0 bridgehead atoms. The van der Waals surface area contributed by atoms with Crippen molar-refractivity contribution >= 4 is 17.5 Å². The summed E-state index contributed by atoms with van der Waals surface area (Å²) >= 11 is 5.93. The Hall–Kier alpha value is -1.13. The van der Waals surface area contributed by atoms with Crippen molar-refractivity contribution in [3.63, 3.8) is 0 Å². The van der Waals surface area contributed by atoms with E-state index in [2.05, 4.69) is 5.32 Å². The molecule has 1 aliphatic rings. The molecule has 20 heavy (non-hydrogen) atoms. The number of piperidine rings is 1. The Morgan fingerprint density at radius 2 is 2.35 bits per heavy atom. The van der Waals surface area contributed by atoms with Gasteiger partial charge in [-0.05, 0) is 37.9 Å². The third-order valence-corrected chi connectivity index (χ3v) is 4.00. The normalized spacial score (nSPS) is 18.9. The van der Waals surface area contributed by atoms with Crippen LogP contribution in [0.15, 0.2) is 18.2 Å². The number of nitrogens with zero attached hydrogens (tertiary/aromatic N) is 1. The van der Waals surface area contributed by atoms with Crippen LogP contribution in [0.3, 0.4) is 0 Å². The lowest BCUT2D eigenvalue weighted by molar-refractivity contribution is 0.0648. The fourth-order valence-electron chi connectivity index (χ4n) is 2.61. The minimum Gasteiger partial charge on any atom is -0.334 e. The smallest absolute Gasteiger partial charge is 0.255 e. The molecular formula is C15H20ClFN2O. The number of benzene rings is 1. The van der Waals surface area contributed by atoms with Crippen molar-refractivity contribution in [2.24, 2.45) is 0 Å². The van der Waals surface area contributed by atoms with Gasteiger partial charge in [0.2, 0.25) is 0 Å². The summed E-state index contributed by atoms with van der Waals surface area (Å²) in [4.78, 5) is 14.5. The summed E-state index contributed by atoms with van der Waals surface area (Å²) in [6.07, 6.45) is 2.90. The lowest BCUT2D eigenvalue weighted by Gasteiger charge is -2.34. The first kappa shape index (κ1) is 15.3. The van der Waals surface area contributed by atoms with Crippen molar-refractivity contribution in [1.82, 2.24) is 10.2 Å². The van der Waals surface area contributed by atoms with Crippen LogP contribution in [0.5, 0.6) is 0 Å². The van der Waals surface area contributed by atoms with Crippen molar-refractivity contribution < 1.29 is 9.18 Å². The monoisotopic (exact) mass is 298 g/mol. The van der Waals surface area contributed by atoms with Crippen LogP contribution in [-0.2, 0) is 0 Å². The van der Waals surface area contributed by atoms with Gasteiger partial charge < -0.3 is 10.2 Å². The molecule has 0 aromatic heterocycles. The van der Waals surface area contributed by atoms with E-state index in [1.165, 1.54) is 12.1 Å². The Kier molecular flexibility index (Phi) is 5.38. The fraction of sp³-hybridized carbons (Fsp3) is 0.533. The molecule has 1 aromatic rings. The molecule has 1 unspecified atom stereocenters. The summed E-state index contributed by atoms with van der Waals surface area (Å²) in [6, 6.07) is 4.55. The van der Waals surface area contributed by atoms with Crippen LogP contribution < -0.4 is 5.32 Å². The SMILES string of the molecule is CCCN(C(=O)c1cccc(F)c1Cl)C1CCCNC1. The van der Waals surface area contributed by atoms with E-state index < -0.39 is 5.82 Å². The first-order valence-corrected chi connectivity index (χ1v) is 7.48. The van der Waals surface area contributed by atoms with Crippen LogP contribution in [0.4, 0.5) is 4.39 Å². The maximum atomic E-state index is 13.5. The molecule has 0 aliphatic carbocycles. The number of rotatable bonds is 4. The van der Waals surface area contributed by atoms with Gasteiger partial charge in [0.1, 0.15) is 5.82 Å². The summed E-state index contributed by atoms with van der Waals surface area (Å²) < 4.78 is 13.5. The van der Waals surface area contributed by atoms with E-state index in [0.29, 0.717) is 6.54 Å². The van der Waals surface area contributed by atoms with Gasteiger partial charge in [0.25, 0.3) is 5.91 Å². The van der Waals surface area contributed by atoms with E-state index in [1.54, 1.807) is 6.07 Å². The molecule has 1 heterocycles. The van der Waals surface area contributed by atoms with E-state index in [1.807, 2.05) is 11.8 Å². The van der Waals surface area contributed by atoms with E-state index in [-0.39, 0.29) is 22.5 Å². The zero-order valence-corrected chi connectivity index (χ0v) is 12.4. The highest BCUT2D eigenvalue weighted by atomic mass is 35.5. The van der Waals surface area contributed by atoms with Crippen LogP contribution in [0.2, 0.25) is 5.02 Å². The van der Waals surface area contributed by atoms with Crippen LogP contribution in [-0.4, -0.2) is 36.5 Å². The minimum absolute atomic E-state index is 0.0811. The van der Waals surface area contributed by atoms with Crippen molar-refractivity contribution in [2.75, 3.05) is 19.6 Å². The van der Waals surface area contributed by atoms with E-state index in [0.717, 1.165) is 32.4 Å². The van der Waals surface area contributed by atoms with Gasteiger partial charge in [-0.2, -0.15) is 0 Å². The summed E-state index contributed by atoms with van der Waals surface area (Å²) in [5, 5.41) is 3.22. The largest absolute Gasteiger partial charge is 0.334 e. The number of carbonyl (C=O) groups excluding carboxylic acids is 1. The number of hydrogen-bond acceptors (Lipinski definition) is 2.